The maximum Gasteiger partial charge on any atom is 0.239 e. The topological polar surface area (TPSA) is 54.6 Å². The van der Waals surface area contributed by atoms with Gasteiger partial charge in [0.05, 0.1) is 5.52 Å². The predicted octanol–water partition coefficient (Wildman–Crippen LogP) is 1.60. The number of rotatable bonds is 0. The van der Waals surface area contributed by atoms with Crippen LogP contribution in [0.1, 0.15) is 0 Å². The summed E-state index contributed by atoms with van der Waals surface area (Å²) in [6, 6.07) is 12.0. The standard InChI is InChI=1S/C12H10N4/c1-16-12(13)14-10-7-6-8-4-2-3-5-9(8)11(10)15-16/h2-7,13H,1H3. The van der Waals surface area contributed by atoms with Crippen molar-refractivity contribution in [1.29, 1.82) is 5.41 Å². The van der Waals surface area contributed by atoms with Crippen LogP contribution in [0.25, 0.3) is 21.8 Å². The lowest BCUT2D eigenvalue weighted by atomic mass is 10.1. The van der Waals surface area contributed by atoms with E-state index in [0.717, 1.165) is 21.8 Å². The van der Waals surface area contributed by atoms with Crippen molar-refractivity contribution in [2.45, 2.75) is 0 Å². The van der Waals surface area contributed by atoms with Crippen molar-refractivity contribution in [3.05, 3.63) is 42.0 Å². The lowest BCUT2D eigenvalue weighted by molar-refractivity contribution is 0.667. The Hall–Kier alpha value is -2.23. The zero-order valence-electron chi connectivity index (χ0n) is 8.81. The number of fused-ring (bicyclic) bond motifs is 3. The van der Waals surface area contributed by atoms with Crippen molar-refractivity contribution in [2.75, 3.05) is 0 Å². The highest BCUT2D eigenvalue weighted by atomic mass is 15.3. The Kier molecular flexibility index (Phi) is 1.77. The summed E-state index contributed by atoms with van der Waals surface area (Å²) in [4.78, 5) is 4.19. The minimum atomic E-state index is 0.169. The number of hydrogen-bond donors (Lipinski definition) is 1. The Morgan fingerprint density at radius 3 is 2.81 bits per heavy atom. The summed E-state index contributed by atoms with van der Waals surface area (Å²) in [6.45, 7) is 0. The molecule has 4 nitrogen and oxygen atoms in total. The molecule has 0 aliphatic rings. The summed E-state index contributed by atoms with van der Waals surface area (Å²) < 4.78 is 1.48. The van der Waals surface area contributed by atoms with E-state index in [4.69, 9.17) is 5.41 Å². The van der Waals surface area contributed by atoms with E-state index in [9.17, 15) is 0 Å². The van der Waals surface area contributed by atoms with E-state index in [0.29, 0.717) is 0 Å². The molecule has 0 aliphatic heterocycles. The van der Waals surface area contributed by atoms with Crippen LogP contribution >= 0.6 is 0 Å². The molecule has 0 spiro atoms. The molecule has 3 rings (SSSR count). The predicted molar refractivity (Wildman–Crippen MR) is 61.9 cm³/mol. The van der Waals surface area contributed by atoms with Gasteiger partial charge in [0.2, 0.25) is 5.62 Å². The van der Waals surface area contributed by atoms with Crippen LogP contribution in [-0.2, 0) is 7.05 Å². The molecular formula is C12H10N4. The van der Waals surface area contributed by atoms with Crippen molar-refractivity contribution in [1.82, 2.24) is 14.8 Å². The molecule has 78 valence electrons. The molecule has 2 aromatic carbocycles. The largest absolute Gasteiger partial charge is 0.266 e. The van der Waals surface area contributed by atoms with Gasteiger partial charge in [0.1, 0.15) is 5.52 Å². The SMILES string of the molecule is Cn1nc2c(ccc3ccccc32)nc1=N. The van der Waals surface area contributed by atoms with Crippen LogP contribution in [0, 0.1) is 5.41 Å². The monoisotopic (exact) mass is 210 g/mol. The van der Waals surface area contributed by atoms with Gasteiger partial charge in [-0.2, -0.15) is 5.10 Å². The average Bonchev–Trinajstić information content (AvgIpc) is 2.31. The number of hydrogen-bond acceptors (Lipinski definition) is 3. The van der Waals surface area contributed by atoms with E-state index in [1.807, 2.05) is 36.4 Å². The second-order valence-corrected chi connectivity index (χ2v) is 3.71. The Morgan fingerprint density at radius 2 is 1.94 bits per heavy atom. The maximum absolute atomic E-state index is 7.60. The van der Waals surface area contributed by atoms with Crippen LogP contribution in [0.15, 0.2) is 36.4 Å². The Morgan fingerprint density at radius 1 is 1.12 bits per heavy atom. The summed E-state index contributed by atoms with van der Waals surface area (Å²) in [7, 11) is 1.73. The first-order valence-electron chi connectivity index (χ1n) is 5.03. The number of benzene rings is 2. The van der Waals surface area contributed by atoms with Crippen molar-refractivity contribution in [3.8, 4) is 0 Å². The summed E-state index contributed by atoms with van der Waals surface area (Å²) in [5, 5.41) is 14.2. The molecule has 0 unspecified atom stereocenters. The molecule has 0 bridgehead atoms. The first-order chi connectivity index (χ1) is 7.75. The minimum absolute atomic E-state index is 0.169. The molecule has 4 heteroatoms. The van der Waals surface area contributed by atoms with E-state index in [1.54, 1.807) is 7.05 Å². The molecule has 1 heterocycles. The Balaban J connectivity index is 2.60. The molecule has 0 aliphatic carbocycles. The summed E-state index contributed by atoms with van der Waals surface area (Å²) >= 11 is 0. The molecule has 0 fully saturated rings. The highest BCUT2D eigenvalue weighted by Crippen LogP contribution is 2.20. The van der Waals surface area contributed by atoms with Gasteiger partial charge in [-0.05, 0) is 11.5 Å². The van der Waals surface area contributed by atoms with Gasteiger partial charge in [-0.1, -0.05) is 30.3 Å². The fraction of sp³-hybridized carbons (Fsp3) is 0.0833. The fourth-order valence-corrected chi connectivity index (χ4v) is 1.82. The van der Waals surface area contributed by atoms with Gasteiger partial charge in [-0.25, -0.2) is 9.67 Å². The highest BCUT2D eigenvalue weighted by molar-refractivity contribution is 6.03. The molecule has 3 aromatic rings. The first-order valence-corrected chi connectivity index (χ1v) is 5.03. The fourth-order valence-electron chi connectivity index (χ4n) is 1.82. The van der Waals surface area contributed by atoms with Crippen molar-refractivity contribution in [3.63, 3.8) is 0 Å². The Bertz CT molecular complexity index is 743. The van der Waals surface area contributed by atoms with Gasteiger partial charge >= 0.3 is 0 Å². The third-order valence-electron chi connectivity index (χ3n) is 2.66. The summed E-state index contributed by atoms with van der Waals surface area (Å²) in [5.74, 6) is 0. The molecule has 1 N–H and O–H groups in total. The van der Waals surface area contributed by atoms with Crippen LogP contribution in [-0.4, -0.2) is 14.8 Å². The van der Waals surface area contributed by atoms with Crippen LogP contribution in [0.2, 0.25) is 0 Å². The molecule has 0 atom stereocenters. The van der Waals surface area contributed by atoms with Crippen LogP contribution in [0.5, 0.6) is 0 Å². The van der Waals surface area contributed by atoms with Crippen LogP contribution in [0.3, 0.4) is 0 Å². The zero-order valence-corrected chi connectivity index (χ0v) is 8.81. The van der Waals surface area contributed by atoms with E-state index in [2.05, 4.69) is 10.1 Å². The summed E-state index contributed by atoms with van der Waals surface area (Å²) in [5.41, 5.74) is 1.78. The number of nitrogens with zero attached hydrogens (tertiary/aromatic N) is 3. The first kappa shape index (κ1) is 9.03. The smallest absolute Gasteiger partial charge is 0.239 e. The number of aryl methyl sites for hydroxylation is 1. The molecule has 1 aromatic heterocycles. The maximum atomic E-state index is 7.60. The van der Waals surface area contributed by atoms with E-state index < -0.39 is 0 Å². The van der Waals surface area contributed by atoms with Gasteiger partial charge in [0.25, 0.3) is 0 Å². The van der Waals surface area contributed by atoms with E-state index >= 15 is 0 Å². The number of aromatic nitrogens is 3. The lowest BCUT2D eigenvalue weighted by Crippen LogP contribution is -2.22. The normalized spacial score (nSPS) is 11.1. The van der Waals surface area contributed by atoms with Gasteiger partial charge < -0.3 is 0 Å². The van der Waals surface area contributed by atoms with E-state index in [-0.39, 0.29) is 5.62 Å². The molecular weight excluding hydrogens is 200 g/mol. The van der Waals surface area contributed by atoms with Gasteiger partial charge in [-0.15, -0.1) is 0 Å². The van der Waals surface area contributed by atoms with Gasteiger partial charge in [0.15, 0.2) is 0 Å². The molecule has 0 amide bonds. The third-order valence-corrected chi connectivity index (χ3v) is 2.66. The minimum Gasteiger partial charge on any atom is -0.266 e. The molecule has 0 saturated heterocycles. The van der Waals surface area contributed by atoms with Crippen molar-refractivity contribution in [2.24, 2.45) is 7.05 Å². The summed E-state index contributed by atoms with van der Waals surface area (Å²) in [6.07, 6.45) is 0. The molecule has 0 saturated carbocycles. The number of nitrogens with one attached hydrogen (secondary N) is 1. The lowest BCUT2D eigenvalue weighted by Gasteiger charge is -2.04. The van der Waals surface area contributed by atoms with E-state index in [1.165, 1.54) is 4.68 Å². The highest BCUT2D eigenvalue weighted by Gasteiger charge is 2.03. The zero-order chi connectivity index (χ0) is 11.1. The van der Waals surface area contributed by atoms with Crippen LogP contribution in [0.4, 0.5) is 0 Å². The second kappa shape index (κ2) is 3.13. The third kappa shape index (κ3) is 1.20. The molecule has 16 heavy (non-hydrogen) atoms. The van der Waals surface area contributed by atoms with Crippen LogP contribution < -0.4 is 5.62 Å². The quantitative estimate of drug-likeness (QED) is 0.573. The van der Waals surface area contributed by atoms with Crippen molar-refractivity contribution < 1.29 is 0 Å². The Labute approximate surface area is 91.7 Å². The second-order valence-electron chi connectivity index (χ2n) is 3.71. The van der Waals surface area contributed by atoms with Crippen molar-refractivity contribution >= 4 is 21.8 Å². The average molecular weight is 210 g/mol. The van der Waals surface area contributed by atoms with Gasteiger partial charge in [0, 0.05) is 12.4 Å². The van der Waals surface area contributed by atoms with Gasteiger partial charge in [-0.3, -0.25) is 5.41 Å². The molecule has 0 radical (unpaired) electrons.